The van der Waals surface area contributed by atoms with E-state index in [0.717, 1.165) is 0 Å². The van der Waals surface area contributed by atoms with E-state index in [4.69, 9.17) is 16.3 Å². The van der Waals surface area contributed by atoms with Crippen LogP contribution >= 0.6 is 24.0 Å². The van der Waals surface area contributed by atoms with E-state index in [1.807, 2.05) is 0 Å². The summed E-state index contributed by atoms with van der Waals surface area (Å²) in [6.07, 6.45) is 0. The number of halogens is 2. The maximum Gasteiger partial charge on any atom is 0.244 e. The fraction of sp³-hybridized carbons (Fsp3) is 0.533. The van der Waals surface area contributed by atoms with Crippen LogP contribution in [-0.2, 0) is 19.6 Å². The van der Waals surface area contributed by atoms with E-state index >= 15 is 0 Å². The van der Waals surface area contributed by atoms with Crippen LogP contribution in [0, 0.1) is 0 Å². The summed E-state index contributed by atoms with van der Waals surface area (Å²) in [4.78, 5) is 11.8. The molecule has 0 fully saturated rings. The number of sulfonamides is 1. The molecule has 0 atom stereocenters. The Kier molecular flexibility index (Phi) is 11.2. The summed E-state index contributed by atoms with van der Waals surface area (Å²) < 4.78 is 31.4. The van der Waals surface area contributed by atoms with Crippen LogP contribution in [0.4, 0.5) is 5.69 Å². The molecule has 1 rings (SSSR count). The van der Waals surface area contributed by atoms with E-state index < -0.39 is 10.0 Å². The predicted octanol–water partition coefficient (Wildman–Crippen LogP) is 1.97. The van der Waals surface area contributed by atoms with Crippen molar-refractivity contribution in [3.05, 3.63) is 23.2 Å². The molecule has 25 heavy (non-hydrogen) atoms. The summed E-state index contributed by atoms with van der Waals surface area (Å²) in [5, 5.41) is 5.68. The van der Waals surface area contributed by atoms with Crippen molar-refractivity contribution in [2.24, 2.45) is 0 Å². The van der Waals surface area contributed by atoms with Crippen molar-refractivity contribution in [3.63, 3.8) is 0 Å². The molecule has 0 radical (unpaired) electrons. The lowest BCUT2D eigenvalue weighted by Crippen LogP contribution is -2.31. The van der Waals surface area contributed by atoms with Crippen LogP contribution in [0.5, 0.6) is 0 Å². The highest BCUT2D eigenvalue weighted by atomic mass is 35.5. The molecule has 0 aromatic heterocycles. The zero-order valence-corrected chi connectivity index (χ0v) is 16.9. The molecule has 7 nitrogen and oxygen atoms in total. The molecule has 1 aromatic rings. The van der Waals surface area contributed by atoms with Gasteiger partial charge in [-0.25, -0.2) is 8.42 Å². The molecule has 144 valence electrons. The van der Waals surface area contributed by atoms with Gasteiger partial charge in [0.05, 0.1) is 18.2 Å². The largest absolute Gasteiger partial charge is 0.383 e. The Morgan fingerprint density at radius 1 is 1.28 bits per heavy atom. The zero-order valence-electron chi connectivity index (χ0n) is 14.5. The third-order valence-electron chi connectivity index (χ3n) is 3.31. The van der Waals surface area contributed by atoms with E-state index in [2.05, 4.69) is 10.6 Å². The summed E-state index contributed by atoms with van der Waals surface area (Å²) >= 11 is 6.05. The van der Waals surface area contributed by atoms with Gasteiger partial charge in [-0.3, -0.25) is 4.79 Å². The smallest absolute Gasteiger partial charge is 0.244 e. The van der Waals surface area contributed by atoms with Gasteiger partial charge in [-0.1, -0.05) is 25.4 Å². The molecule has 0 unspecified atom stereocenters. The number of anilines is 1. The van der Waals surface area contributed by atoms with Gasteiger partial charge in [-0.15, -0.1) is 12.4 Å². The molecule has 1 amide bonds. The average molecular weight is 414 g/mol. The number of hydrogen-bond acceptors (Lipinski definition) is 5. The highest BCUT2D eigenvalue weighted by Crippen LogP contribution is 2.27. The van der Waals surface area contributed by atoms with Gasteiger partial charge in [0.25, 0.3) is 0 Å². The number of carbonyl (C=O) groups is 1. The number of nitrogens with zero attached hydrogens (tertiary/aromatic N) is 1. The van der Waals surface area contributed by atoms with Crippen molar-refractivity contribution in [3.8, 4) is 0 Å². The molecule has 0 spiro atoms. The molecule has 2 N–H and O–H groups in total. The minimum atomic E-state index is -3.70. The standard InChI is InChI=1S/C15H24ClN3O4S.ClH/c1-4-19(5-2)24(21,22)14-10-12(6-7-13(14)16)18-15(20)11-17-8-9-23-3;/h6-7,10,17H,4-5,8-9,11H2,1-3H3,(H,18,20);1H. The van der Waals surface area contributed by atoms with Crippen LogP contribution in [-0.4, -0.2) is 58.5 Å². The van der Waals surface area contributed by atoms with Crippen molar-refractivity contribution >= 4 is 45.6 Å². The summed E-state index contributed by atoms with van der Waals surface area (Å²) in [5.74, 6) is -0.278. The number of benzene rings is 1. The van der Waals surface area contributed by atoms with Crippen LogP contribution in [0.3, 0.4) is 0 Å². The predicted molar refractivity (Wildman–Crippen MR) is 102 cm³/mol. The molecule has 10 heteroatoms. The summed E-state index contributed by atoms with van der Waals surface area (Å²) in [5.41, 5.74) is 0.378. The number of amides is 1. The van der Waals surface area contributed by atoms with Gasteiger partial charge in [0.1, 0.15) is 4.90 Å². The minimum absolute atomic E-state index is 0. The van der Waals surface area contributed by atoms with Crippen molar-refractivity contribution in [2.75, 3.05) is 45.2 Å². The maximum atomic E-state index is 12.6. The number of ether oxygens (including phenoxy) is 1. The molecule has 0 saturated carbocycles. The first-order chi connectivity index (χ1) is 11.4. The fourth-order valence-electron chi connectivity index (χ4n) is 2.06. The SMILES string of the molecule is CCN(CC)S(=O)(=O)c1cc(NC(=O)CNCCOC)ccc1Cl.Cl. The van der Waals surface area contributed by atoms with Crippen molar-refractivity contribution < 1.29 is 17.9 Å². The van der Waals surface area contributed by atoms with Crippen molar-refractivity contribution in [2.45, 2.75) is 18.7 Å². The van der Waals surface area contributed by atoms with Gasteiger partial charge >= 0.3 is 0 Å². The lowest BCUT2D eigenvalue weighted by molar-refractivity contribution is -0.115. The average Bonchev–Trinajstić information content (AvgIpc) is 2.54. The Morgan fingerprint density at radius 3 is 2.48 bits per heavy atom. The van der Waals surface area contributed by atoms with E-state index in [1.54, 1.807) is 27.0 Å². The van der Waals surface area contributed by atoms with E-state index in [9.17, 15) is 13.2 Å². The maximum absolute atomic E-state index is 12.6. The monoisotopic (exact) mass is 413 g/mol. The van der Waals surface area contributed by atoms with Crippen LogP contribution in [0.1, 0.15) is 13.8 Å². The number of nitrogens with one attached hydrogen (secondary N) is 2. The van der Waals surface area contributed by atoms with Gasteiger partial charge in [0.15, 0.2) is 0 Å². The normalized spacial score (nSPS) is 11.2. The molecule has 0 aliphatic rings. The van der Waals surface area contributed by atoms with Crippen LogP contribution in [0.15, 0.2) is 23.1 Å². The third kappa shape index (κ3) is 7.08. The van der Waals surface area contributed by atoms with Gasteiger partial charge in [0.2, 0.25) is 15.9 Å². The van der Waals surface area contributed by atoms with Gasteiger partial charge in [-0.05, 0) is 18.2 Å². The second-order valence-corrected chi connectivity index (χ2v) is 7.27. The second-order valence-electron chi connectivity index (χ2n) is 4.95. The Hall–Kier alpha value is -0.900. The fourth-order valence-corrected chi connectivity index (χ4v) is 4.02. The van der Waals surface area contributed by atoms with Crippen LogP contribution < -0.4 is 10.6 Å². The molecule has 1 aromatic carbocycles. The third-order valence-corrected chi connectivity index (χ3v) is 5.84. The molecular formula is C15H25Cl2N3O4S. The summed E-state index contributed by atoms with van der Waals surface area (Å²) in [6.45, 7) is 5.35. The Labute approximate surface area is 160 Å². The Morgan fingerprint density at radius 2 is 1.92 bits per heavy atom. The first-order valence-electron chi connectivity index (χ1n) is 7.66. The van der Waals surface area contributed by atoms with E-state index in [1.165, 1.54) is 16.4 Å². The zero-order chi connectivity index (χ0) is 18.2. The molecule has 0 saturated heterocycles. The quantitative estimate of drug-likeness (QED) is 0.572. The van der Waals surface area contributed by atoms with Crippen LogP contribution in [0.25, 0.3) is 0 Å². The van der Waals surface area contributed by atoms with Gasteiger partial charge < -0.3 is 15.4 Å². The number of carbonyl (C=O) groups excluding carboxylic acids is 1. The Balaban J connectivity index is 0.00000576. The molecular weight excluding hydrogens is 389 g/mol. The van der Waals surface area contributed by atoms with Crippen molar-refractivity contribution in [1.82, 2.24) is 9.62 Å². The van der Waals surface area contributed by atoms with Gasteiger partial charge in [0, 0.05) is 32.4 Å². The minimum Gasteiger partial charge on any atom is -0.383 e. The highest BCUT2D eigenvalue weighted by molar-refractivity contribution is 7.89. The first kappa shape index (κ1) is 24.1. The first-order valence-corrected chi connectivity index (χ1v) is 9.47. The molecule has 0 aliphatic carbocycles. The number of methoxy groups -OCH3 is 1. The summed E-state index contributed by atoms with van der Waals surface area (Å²) in [6, 6.07) is 4.41. The number of hydrogen-bond donors (Lipinski definition) is 2. The van der Waals surface area contributed by atoms with Crippen molar-refractivity contribution in [1.29, 1.82) is 0 Å². The summed E-state index contributed by atoms with van der Waals surface area (Å²) in [7, 11) is -2.12. The lowest BCUT2D eigenvalue weighted by Gasteiger charge is -2.19. The Bertz CT molecular complexity index is 652. The van der Waals surface area contributed by atoms with E-state index in [0.29, 0.717) is 31.9 Å². The lowest BCUT2D eigenvalue weighted by atomic mass is 10.3. The van der Waals surface area contributed by atoms with Crippen LogP contribution in [0.2, 0.25) is 5.02 Å². The molecule has 0 bridgehead atoms. The van der Waals surface area contributed by atoms with Gasteiger partial charge in [-0.2, -0.15) is 4.31 Å². The second kappa shape index (κ2) is 11.7. The van der Waals surface area contributed by atoms with E-state index in [-0.39, 0.29) is 34.8 Å². The molecule has 0 heterocycles. The number of rotatable bonds is 10. The highest BCUT2D eigenvalue weighted by Gasteiger charge is 2.24. The molecule has 0 aliphatic heterocycles. The topological polar surface area (TPSA) is 87.7 Å².